The Morgan fingerprint density at radius 3 is 2.80 bits per heavy atom. The molecule has 1 aromatic heterocycles. The summed E-state index contributed by atoms with van der Waals surface area (Å²) in [5.74, 6) is 0.0867. The maximum Gasteiger partial charge on any atom is 0.159 e. The minimum atomic E-state index is -0.317. The van der Waals surface area contributed by atoms with Gasteiger partial charge in [-0.25, -0.2) is 4.39 Å². The largest absolute Gasteiger partial charge is 0.295 e. The third-order valence-electron chi connectivity index (χ3n) is 3.36. The fraction of sp³-hybridized carbons (Fsp3) is 0.333. The normalized spacial score (nSPS) is 27.7. The van der Waals surface area contributed by atoms with Crippen molar-refractivity contribution in [1.29, 1.82) is 0 Å². The van der Waals surface area contributed by atoms with E-state index in [0.717, 1.165) is 24.1 Å². The van der Waals surface area contributed by atoms with E-state index in [1.54, 1.807) is 12.2 Å². The third-order valence-corrected chi connectivity index (χ3v) is 3.36. The number of rotatable bonds is 0. The molecule has 0 spiro atoms. The summed E-state index contributed by atoms with van der Waals surface area (Å²) in [6, 6.07) is 1.52. The van der Waals surface area contributed by atoms with Gasteiger partial charge >= 0.3 is 0 Å². The van der Waals surface area contributed by atoms with Crippen molar-refractivity contribution in [3.63, 3.8) is 0 Å². The minimum absolute atomic E-state index is 0.0612. The molecule has 1 heterocycles. The van der Waals surface area contributed by atoms with Crippen molar-refractivity contribution in [2.45, 2.75) is 18.8 Å². The van der Waals surface area contributed by atoms with Gasteiger partial charge in [0.15, 0.2) is 5.78 Å². The fourth-order valence-electron chi connectivity index (χ4n) is 2.40. The van der Waals surface area contributed by atoms with Gasteiger partial charge in [-0.2, -0.15) is 0 Å². The Kier molecular flexibility index (Phi) is 1.75. The average molecular weight is 203 g/mol. The first kappa shape index (κ1) is 8.77. The molecular formula is C12H10FNO. The van der Waals surface area contributed by atoms with E-state index in [9.17, 15) is 9.18 Å². The van der Waals surface area contributed by atoms with Gasteiger partial charge in [0, 0.05) is 5.92 Å². The molecule has 3 heteroatoms. The van der Waals surface area contributed by atoms with Gasteiger partial charge in [0.05, 0.1) is 11.9 Å². The maximum atomic E-state index is 13.1. The monoisotopic (exact) mass is 203 g/mol. The summed E-state index contributed by atoms with van der Waals surface area (Å²) in [7, 11) is 0. The van der Waals surface area contributed by atoms with Crippen LogP contribution in [0.3, 0.4) is 0 Å². The highest BCUT2D eigenvalue weighted by molar-refractivity contribution is 5.97. The lowest BCUT2D eigenvalue weighted by molar-refractivity contribution is -0.121. The molecule has 15 heavy (non-hydrogen) atoms. The molecule has 76 valence electrons. The van der Waals surface area contributed by atoms with Crippen LogP contribution in [-0.4, -0.2) is 10.8 Å². The van der Waals surface area contributed by atoms with Gasteiger partial charge < -0.3 is 0 Å². The molecule has 0 aliphatic heterocycles. The SMILES string of the molecule is O=C1C=Cc2ncc(F)cc2C2CC[C@H]12. The number of fused-ring (bicyclic) bond motifs is 3. The van der Waals surface area contributed by atoms with Crippen LogP contribution < -0.4 is 0 Å². The van der Waals surface area contributed by atoms with Crippen LogP contribution in [0.5, 0.6) is 0 Å². The summed E-state index contributed by atoms with van der Waals surface area (Å²) in [6.45, 7) is 0. The lowest BCUT2D eigenvalue weighted by Crippen LogP contribution is -2.29. The van der Waals surface area contributed by atoms with E-state index >= 15 is 0 Å². The number of allylic oxidation sites excluding steroid dienone is 1. The highest BCUT2D eigenvalue weighted by atomic mass is 19.1. The highest BCUT2D eigenvalue weighted by Crippen LogP contribution is 2.45. The molecule has 2 aliphatic carbocycles. The number of ketones is 1. The highest BCUT2D eigenvalue weighted by Gasteiger charge is 2.38. The molecule has 2 atom stereocenters. The Bertz CT molecular complexity index is 467. The van der Waals surface area contributed by atoms with Crippen LogP contribution >= 0.6 is 0 Å². The van der Waals surface area contributed by atoms with Crippen molar-refractivity contribution in [1.82, 2.24) is 4.98 Å². The predicted octanol–water partition coefficient (Wildman–Crippen LogP) is 2.31. The summed E-state index contributed by atoms with van der Waals surface area (Å²) in [4.78, 5) is 15.6. The average Bonchev–Trinajstić information content (AvgIpc) is 2.22. The second kappa shape index (κ2) is 2.99. The quantitative estimate of drug-likeness (QED) is 0.647. The molecule has 0 N–H and O–H groups in total. The Morgan fingerprint density at radius 2 is 2.07 bits per heavy atom. The zero-order valence-electron chi connectivity index (χ0n) is 8.11. The van der Waals surface area contributed by atoms with Gasteiger partial charge in [0.1, 0.15) is 5.82 Å². The fourth-order valence-corrected chi connectivity index (χ4v) is 2.40. The van der Waals surface area contributed by atoms with Gasteiger partial charge in [0.2, 0.25) is 0 Å². The first-order valence-corrected chi connectivity index (χ1v) is 5.13. The molecule has 1 unspecified atom stereocenters. The molecule has 1 saturated carbocycles. The second-order valence-electron chi connectivity index (χ2n) is 4.15. The maximum absolute atomic E-state index is 13.1. The Morgan fingerprint density at radius 1 is 1.27 bits per heavy atom. The number of carbonyl (C=O) groups excluding carboxylic acids is 1. The van der Waals surface area contributed by atoms with E-state index in [0.29, 0.717) is 0 Å². The Labute approximate surface area is 86.8 Å². The lowest BCUT2D eigenvalue weighted by atomic mass is 9.68. The zero-order chi connectivity index (χ0) is 10.4. The number of hydrogen-bond donors (Lipinski definition) is 0. The van der Waals surface area contributed by atoms with Crippen molar-refractivity contribution in [3.8, 4) is 0 Å². The first-order chi connectivity index (χ1) is 7.25. The van der Waals surface area contributed by atoms with Crippen molar-refractivity contribution in [2.75, 3.05) is 0 Å². The molecule has 3 rings (SSSR count). The summed E-state index contributed by atoms with van der Waals surface area (Å²) < 4.78 is 13.1. The van der Waals surface area contributed by atoms with Gasteiger partial charge in [-0.15, -0.1) is 0 Å². The Balaban J connectivity index is 2.15. The van der Waals surface area contributed by atoms with Gasteiger partial charge in [-0.3, -0.25) is 9.78 Å². The third kappa shape index (κ3) is 1.23. The molecule has 0 aromatic carbocycles. The van der Waals surface area contributed by atoms with Crippen molar-refractivity contribution < 1.29 is 9.18 Å². The standard InChI is InChI=1S/C12H10FNO/c13-7-5-10-8-1-2-9(8)12(15)4-3-11(10)14-6-7/h3-6,8-9H,1-2H2/t8?,9-/m0/s1. The lowest BCUT2D eigenvalue weighted by Gasteiger charge is -2.34. The number of aromatic nitrogens is 1. The van der Waals surface area contributed by atoms with Crippen LogP contribution in [0, 0.1) is 11.7 Å². The molecule has 1 fully saturated rings. The topological polar surface area (TPSA) is 30.0 Å². The second-order valence-corrected chi connectivity index (χ2v) is 4.15. The number of hydrogen-bond acceptors (Lipinski definition) is 2. The molecule has 2 nitrogen and oxygen atoms in total. The number of halogens is 1. The van der Waals surface area contributed by atoms with Crippen molar-refractivity contribution in [2.24, 2.45) is 5.92 Å². The first-order valence-electron chi connectivity index (χ1n) is 5.13. The summed E-state index contributed by atoms with van der Waals surface area (Å²) in [6.07, 6.45) is 6.37. The number of carbonyl (C=O) groups is 1. The molecule has 1 aromatic rings. The molecular weight excluding hydrogens is 193 g/mol. The number of pyridine rings is 1. The molecule has 0 radical (unpaired) electrons. The van der Waals surface area contributed by atoms with E-state index in [2.05, 4.69) is 4.98 Å². The van der Waals surface area contributed by atoms with Gasteiger partial charge in [-0.05, 0) is 42.5 Å². The van der Waals surface area contributed by atoms with Crippen LogP contribution in [0.15, 0.2) is 18.3 Å². The molecule has 0 saturated heterocycles. The molecule has 0 bridgehead atoms. The van der Waals surface area contributed by atoms with E-state index < -0.39 is 0 Å². The van der Waals surface area contributed by atoms with Crippen LogP contribution in [0.4, 0.5) is 4.39 Å². The van der Waals surface area contributed by atoms with Crippen LogP contribution in [0.1, 0.15) is 30.0 Å². The minimum Gasteiger partial charge on any atom is -0.295 e. The van der Waals surface area contributed by atoms with Gasteiger partial charge in [-0.1, -0.05) is 0 Å². The molecule has 0 amide bonds. The molecule has 2 aliphatic rings. The predicted molar refractivity (Wildman–Crippen MR) is 53.7 cm³/mol. The van der Waals surface area contributed by atoms with Crippen LogP contribution in [-0.2, 0) is 4.79 Å². The van der Waals surface area contributed by atoms with E-state index in [1.165, 1.54) is 12.3 Å². The van der Waals surface area contributed by atoms with E-state index in [4.69, 9.17) is 0 Å². The smallest absolute Gasteiger partial charge is 0.159 e. The van der Waals surface area contributed by atoms with Crippen LogP contribution in [0.25, 0.3) is 6.08 Å². The van der Waals surface area contributed by atoms with Crippen molar-refractivity contribution >= 4 is 11.9 Å². The van der Waals surface area contributed by atoms with Crippen LogP contribution in [0.2, 0.25) is 0 Å². The zero-order valence-corrected chi connectivity index (χ0v) is 8.11. The summed E-state index contributed by atoms with van der Waals surface area (Å²) >= 11 is 0. The number of nitrogens with zero attached hydrogens (tertiary/aromatic N) is 1. The van der Waals surface area contributed by atoms with E-state index in [-0.39, 0.29) is 23.4 Å². The summed E-state index contributed by atoms with van der Waals surface area (Å²) in [5, 5.41) is 0. The summed E-state index contributed by atoms with van der Waals surface area (Å²) in [5.41, 5.74) is 1.64. The Hall–Kier alpha value is -1.51. The van der Waals surface area contributed by atoms with E-state index in [1.807, 2.05) is 0 Å². The van der Waals surface area contributed by atoms with Crippen molar-refractivity contribution in [3.05, 3.63) is 35.4 Å². The van der Waals surface area contributed by atoms with Gasteiger partial charge in [0.25, 0.3) is 0 Å².